The first-order chi connectivity index (χ1) is 13.1. The van der Waals surface area contributed by atoms with E-state index in [0.29, 0.717) is 39.4 Å². The van der Waals surface area contributed by atoms with Crippen molar-refractivity contribution in [2.45, 2.75) is 50.7 Å². The highest BCUT2D eigenvalue weighted by Crippen LogP contribution is 2.44. The van der Waals surface area contributed by atoms with Gasteiger partial charge in [0.2, 0.25) is 0 Å². The topological polar surface area (TPSA) is 59.0 Å². The fourth-order valence-corrected chi connectivity index (χ4v) is 5.05. The third kappa shape index (κ3) is 3.53. The zero-order valence-electron chi connectivity index (χ0n) is 16.2. The van der Waals surface area contributed by atoms with Gasteiger partial charge in [0, 0.05) is 49.6 Å². The number of carbonyl (C=O) groups is 1. The molecule has 1 N–H and O–H groups in total. The van der Waals surface area contributed by atoms with Gasteiger partial charge in [0.05, 0.1) is 18.8 Å². The van der Waals surface area contributed by atoms with Gasteiger partial charge in [0.25, 0.3) is 5.91 Å². The summed E-state index contributed by atoms with van der Waals surface area (Å²) in [6.45, 7) is 5.03. The van der Waals surface area contributed by atoms with E-state index in [0.717, 1.165) is 18.4 Å². The van der Waals surface area contributed by atoms with Crippen molar-refractivity contribution < 1.29 is 19.4 Å². The van der Waals surface area contributed by atoms with Crippen molar-refractivity contribution in [3.63, 3.8) is 0 Å². The van der Waals surface area contributed by atoms with E-state index in [9.17, 15) is 9.90 Å². The summed E-state index contributed by atoms with van der Waals surface area (Å²) in [5.74, 6) is 0.00483. The molecular formula is C22H31NO4. The Bertz CT molecular complexity index is 661. The number of benzene rings is 1. The molecular weight excluding hydrogens is 342 g/mol. The molecule has 27 heavy (non-hydrogen) atoms. The number of hydrogen-bond acceptors (Lipinski definition) is 4. The molecule has 3 saturated heterocycles. The highest BCUT2D eigenvalue weighted by molar-refractivity contribution is 5.94. The van der Waals surface area contributed by atoms with Crippen molar-refractivity contribution in [2.24, 2.45) is 11.8 Å². The van der Waals surface area contributed by atoms with Crippen LogP contribution < -0.4 is 0 Å². The lowest BCUT2D eigenvalue weighted by Crippen LogP contribution is -2.68. The molecule has 5 heteroatoms. The third-order valence-electron chi connectivity index (χ3n) is 6.73. The molecule has 3 fully saturated rings. The van der Waals surface area contributed by atoms with Gasteiger partial charge >= 0.3 is 0 Å². The second kappa shape index (κ2) is 7.90. The molecule has 3 aliphatic rings. The standard InChI is InChI=1S/C22H31NO4/c1-2-3-4-16-5-7-17(8-6-16)21(24)23-13-18-14-27-12-10-22(18,25)19-15-26-11-9-20(19)23/h5-8,18-20,25H,2-4,9-15H2,1H3/t18-,19+,20-,22-/m0/s1. The Morgan fingerprint density at radius 2 is 2.00 bits per heavy atom. The highest BCUT2D eigenvalue weighted by atomic mass is 16.5. The quantitative estimate of drug-likeness (QED) is 0.882. The van der Waals surface area contributed by atoms with E-state index in [2.05, 4.69) is 19.1 Å². The van der Waals surface area contributed by atoms with Crippen LogP contribution in [0.15, 0.2) is 24.3 Å². The van der Waals surface area contributed by atoms with Crippen LogP contribution in [0.4, 0.5) is 0 Å². The van der Waals surface area contributed by atoms with E-state index in [1.165, 1.54) is 18.4 Å². The van der Waals surface area contributed by atoms with Crippen molar-refractivity contribution in [3.8, 4) is 0 Å². The molecule has 0 bridgehead atoms. The van der Waals surface area contributed by atoms with Gasteiger partial charge in [0.1, 0.15) is 0 Å². The fraction of sp³-hybridized carbons (Fsp3) is 0.682. The molecule has 0 saturated carbocycles. The maximum absolute atomic E-state index is 13.3. The molecule has 1 aromatic rings. The van der Waals surface area contributed by atoms with Crippen molar-refractivity contribution in [2.75, 3.05) is 33.0 Å². The molecule has 4 atom stereocenters. The fourth-order valence-electron chi connectivity index (χ4n) is 5.05. The summed E-state index contributed by atoms with van der Waals surface area (Å²) in [7, 11) is 0. The average molecular weight is 373 g/mol. The molecule has 148 valence electrons. The highest BCUT2D eigenvalue weighted by Gasteiger charge is 2.56. The zero-order chi connectivity index (χ0) is 18.9. The predicted octanol–water partition coefficient (Wildman–Crippen LogP) is 2.66. The minimum absolute atomic E-state index is 0.0262. The molecule has 4 rings (SSSR count). The summed E-state index contributed by atoms with van der Waals surface area (Å²) < 4.78 is 11.3. The molecule has 0 radical (unpaired) electrons. The normalized spacial score (nSPS) is 33.3. The molecule has 1 amide bonds. The van der Waals surface area contributed by atoms with Crippen molar-refractivity contribution in [1.29, 1.82) is 0 Å². The molecule has 5 nitrogen and oxygen atoms in total. The number of aliphatic hydroxyl groups is 1. The van der Waals surface area contributed by atoms with Crippen LogP contribution in [0.2, 0.25) is 0 Å². The minimum Gasteiger partial charge on any atom is -0.389 e. The van der Waals surface area contributed by atoms with Crippen LogP contribution in [0, 0.1) is 11.8 Å². The molecule has 1 aromatic carbocycles. The summed E-state index contributed by atoms with van der Waals surface area (Å²) in [6, 6.07) is 8.12. The molecule has 0 spiro atoms. The Kier molecular flexibility index (Phi) is 5.53. The van der Waals surface area contributed by atoms with Gasteiger partial charge in [-0.3, -0.25) is 4.79 Å². The Labute approximate surface area is 161 Å². The van der Waals surface area contributed by atoms with Gasteiger partial charge in [0.15, 0.2) is 0 Å². The van der Waals surface area contributed by atoms with E-state index in [-0.39, 0.29) is 23.8 Å². The number of aryl methyl sites for hydroxylation is 1. The number of likely N-dealkylation sites (tertiary alicyclic amines) is 1. The van der Waals surface area contributed by atoms with E-state index >= 15 is 0 Å². The predicted molar refractivity (Wildman–Crippen MR) is 103 cm³/mol. The van der Waals surface area contributed by atoms with Crippen LogP contribution in [-0.2, 0) is 15.9 Å². The number of nitrogens with zero attached hydrogens (tertiary/aromatic N) is 1. The molecule has 3 aliphatic heterocycles. The molecule has 0 aliphatic carbocycles. The van der Waals surface area contributed by atoms with Crippen LogP contribution in [-0.4, -0.2) is 60.5 Å². The van der Waals surface area contributed by atoms with Gasteiger partial charge in [-0.05, 0) is 37.0 Å². The number of unbranched alkanes of at least 4 members (excludes halogenated alkanes) is 1. The molecule has 3 heterocycles. The van der Waals surface area contributed by atoms with Crippen LogP contribution >= 0.6 is 0 Å². The number of piperidine rings is 1. The largest absolute Gasteiger partial charge is 0.389 e. The number of carbonyl (C=O) groups excluding carboxylic acids is 1. The number of amides is 1. The van der Waals surface area contributed by atoms with Crippen molar-refractivity contribution >= 4 is 5.91 Å². The van der Waals surface area contributed by atoms with Crippen LogP contribution in [0.3, 0.4) is 0 Å². The van der Waals surface area contributed by atoms with Crippen LogP contribution in [0.5, 0.6) is 0 Å². The first-order valence-corrected chi connectivity index (χ1v) is 10.4. The zero-order valence-corrected chi connectivity index (χ0v) is 16.2. The number of rotatable bonds is 4. The lowest BCUT2D eigenvalue weighted by Gasteiger charge is -2.57. The van der Waals surface area contributed by atoms with Gasteiger partial charge in [-0.15, -0.1) is 0 Å². The summed E-state index contributed by atoms with van der Waals surface area (Å²) in [6.07, 6.45) is 4.83. The monoisotopic (exact) mass is 373 g/mol. The van der Waals surface area contributed by atoms with Crippen LogP contribution in [0.1, 0.15) is 48.5 Å². The lowest BCUT2D eigenvalue weighted by atomic mass is 9.66. The van der Waals surface area contributed by atoms with E-state index in [1.54, 1.807) is 0 Å². The van der Waals surface area contributed by atoms with Crippen molar-refractivity contribution in [3.05, 3.63) is 35.4 Å². The molecule has 0 aromatic heterocycles. The Balaban J connectivity index is 1.55. The average Bonchev–Trinajstić information content (AvgIpc) is 2.71. The first-order valence-electron chi connectivity index (χ1n) is 10.4. The number of hydrogen-bond donors (Lipinski definition) is 1. The Morgan fingerprint density at radius 3 is 2.78 bits per heavy atom. The van der Waals surface area contributed by atoms with Gasteiger partial charge in [-0.1, -0.05) is 25.5 Å². The molecule has 0 unspecified atom stereocenters. The summed E-state index contributed by atoms with van der Waals surface area (Å²) in [4.78, 5) is 15.3. The summed E-state index contributed by atoms with van der Waals surface area (Å²) in [5.41, 5.74) is 1.25. The third-order valence-corrected chi connectivity index (χ3v) is 6.73. The van der Waals surface area contributed by atoms with Gasteiger partial charge < -0.3 is 19.5 Å². The Hall–Kier alpha value is -1.43. The Morgan fingerprint density at radius 1 is 1.22 bits per heavy atom. The van der Waals surface area contributed by atoms with Gasteiger partial charge in [-0.25, -0.2) is 0 Å². The second-order valence-electron chi connectivity index (χ2n) is 8.31. The first kappa shape index (κ1) is 18.9. The van der Waals surface area contributed by atoms with E-state index in [1.807, 2.05) is 17.0 Å². The minimum atomic E-state index is -0.774. The van der Waals surface area contributed by atoms with E-state index < -0.39 is 5.60 Å². The maximum atomic E-state index is 13.3. The number of ether oxygens (including phenoxy) is 2. The lowest BCUT2D eigenvalue weighted by molar-refractivity contribution is -0.212. The smallest absolute Gasteiger partial charge is 0.254 e. The SMILES string of the molecule is CCCCc1ccc(C(=O)N2C[C@H]3COCC[C@@]3(O)[C@@H]3COCC[C@@H]32)cc1. The maximum Gasteiger partial charge on any atom is 0.254 e. The van der Waals surface area contributed by atoms with Crippen LogP contribution in [0.25, 0.3) is 0 Å². The van der Waals surface area contributed by atoms with Gasteiger partial charge in [-0.2, -0.15) is 0 Å². The summed E-state index contributed by atoms with van der Waals surface area (Å²) >= 11 is 0. The second-order valence-corrected chi connectivity index (χ2v) is 8.31. The summed E-state index contributed by atoms with van der Waals surface area (Å²) in [5, 5.41) is 11.4. The van der Waals surface area contributed by atoms with Crippen molar-refractivity contribution in [1.82, 2.24) is 4.90 Å². The number of fused-ring (bicyclic) bond motifs is 3. The van der Waals surface area contributed by atoms with E-state index in [4.69, 9.17) is 9.47 Å².